The van der Waals surface area contributed by atoms with E-state index in [-0.39, 0.29) is 22.9 Å². The number of fused-ring (bicyclic) bond motifs is 1. The zero-order valence-electron chi connectivity index (χ0n) is 20.5. The molecule has 1 fully saturated rings. The van der Waals surface area contributed by atoms with Crippen molar-refractivity contribution in [3.05, 3.63) is 117 Å². The van der Waals surface area contributed by atoms with Gasteiger partial charge in [-0.25, -0.2) is 4.79 Å². The molecule has 2 atom stereocenters. The maximum atomic E-state index is 13.7. The van der Waals surface area contributed by atoms with E-state index in [1.807, 2.05) is 60.7 Å². The standard InChI is InChI=1S/C29H23Cl3N2O3S2/c30-15-20-16-39-28-24(33-23(38)14-19-13-21(31)11-12-22(19)32)27(35)34(28)25(20)29(36)37-26(17-7-3-1-4-8-17)18-9-5-2-6-10-18/h1-13,24,26,28H,14-16H2,(H,33,38)/t24-,28-/m1/s1. The Morgan fingerprint density at radius 1 is 1.05 bits per heavy atom. The maximum Gasteiger partial charge on any atom is 0.356 e. The average molecular weight is 618 g/mol. The lowest BCUT2D eigenvalue weighted by Crippen LogP contribution is -2.70. The van der Waals surface area contributed by atoms with E-state index < -0.39 is 18.1 Å². The number of thiocarbonyl (C=S) groups is 1. The summed E-state index contributed by atoms with van der Waals surface area (Å²) in [6.07, 6.45) is -0.305. The van der Waals surface area contributed by atoms with Gasteiger partial charge in [0.2, 0.25) is 0 Å². The number of rotatable bonds is 8. The molecule has 10 heteroatoms. The molecule has 1 N–H and O–H groups in total. The van der Waals surface area contributed by atoms with Gasteiger partial charge in [-0.1, -0.05) is 96.1 Å². The van der Waals surface area contributed by atoms with Gasteiger partial charge in [0.05, 0.1) is 4.99 Å². The van der Waals surface area contributed by atoms with E-state index in [0.717, 1.165) is 16.7 Å². The van der Waals surface area contributed by atoms with Gasteiger partial charge in [-0.15, -0.1) is 23.4 Å². The van der Waals surface area contributed by atoms with E-state index in [9.17, 15) is 9.59 Å². The molecule has 5 rings (SSSR count). The number of amides is 1. The third-order valence-electron chi connectivity index (χ3n) is 6.51. The quantitative estimate of drug-likeness (QED) is 0.134. The second kappa shape index (κ2) is 12.3. The molecular formula is C29H23Cl3N2O3S2. The number of thioether (sulfide) groups is 1. The van der Waals surface area contributed by atoms with Crippen LogP contribution in [-0.4, -0.2) is 44.8 Å². The van der Waals surface area contributed by atoms with Crippen LogP contribution in [0.25, 0.3) is 0 Å². The predicted molar refractivity (Wildman–Crippen MR) is 161 cm³/mol. The molecule has 0 saturated carbocycles. The highest BCUT2D eigenvalue weighted by atomic mass is 35.5. The van der Waals surface area contributed by atoms with Crippen molar-refractivity contribution >= 4 is 75.6 Å². The number of nitrogens with one attached hydrogen (secondary N) is 1. The van der Waals surface area contributed by atoms with E-state index in [2.05, 4.69) is 5.32 Å². The largest absolute Gasteiger partial charge is 0.448 e. The van der Waals surface area contributed by atoms with Crippen LogP contribution in [0.5, 0.6) is 0 Å². The molecule has 200 valence electrons. The average Bonchev–Trinajstić information content (AvgIpc) is 2.96. The first-order valence-corrected chi connectivity index (χ1v) is 14.9. The van der Waals surface area contributed by atoms with Crippen LogP contribution in [0.3, 0.4) is 0 Å². The summed E-state index contributed by atoms with van der Waals surface area (Å²) in [4.78, 5) is 29.0. The second-order valence-corrected chi connectivity index (χ2v) is 11.8. The van der Waals surface area contributed by atoms with Crippen LogP contribution in [-0.2, 0) is 20.7 Å². The molecule has 0 aliphatic carbocycles. The normalized spacial score (nSPS) is 18.5. The summed E-state index contributed by atoms with van der Waals surface area (Å²) in [7, 11) is 0. The Balaban J connectivity index is 1.34. The molecule has 0 unspecified atom stereocenters. The number of benzene rings is 3. The molecule has 1 amide bonds. The van der Waals surface area contributed by atoms with Crippen molar-refractivity contribution in [3.8, 4) is 0 Å². The van der Waals surface area contributed by atoms with Crippen molar-refractivity contribution < 1.29 is 14.3 Å². The van der Waals surface area contributed by atoms with E-state index in [1.165, 1.54) is 16.7 Å². The summed E-state index contributed by atoms with van der Waals surface area (Å²) in [5, 5.41) is 3.93. The van der Waals surface area contributed by atoms with Crippen molar-refractivity contribution in [1.82, 2.24) is 10.2 Å². The van der Waals surface area contributed by atoms with Gasteiger partial charge in [0, 0.05) is 28.1 Å². The summed E-state index contributed by atoms with van der Waals surface area (Å²) < 4.78 is 6.08. The number of alkyl halides is 1. The van der Waals surface area contributed by atoms with Gasteiger partial charge in [-0.2, -0.15) is 0 Å². The number of carbonyl (C=O) groups excluding carboxylic acids is 2. The SMILES string of the molecule is O=C(OC(c1ccccc1)c1ccccc1)C1=C(CCl)CS[C@@H]2[C@H](NC(=S)Cc3cc(Cl)ccc3Cl)C(=O)N12. The zero-order chi connectivity index (χ0) is 27.5. The molecule has 39 heavy (non-hydrogen) atoms. The number of esters is 1. The van der Waals surface area contributed by atoms with E-state index in [1.54, 1.807) is 18.2 Å². The van der Waals surface area contributed by atoms with Gasteiger partial charge < -0.3 is 10.1 Å². The molecule has 2 aliphatic heterocycles. The van der Waals surface area contributed by atoms with Crippen LogP contribution in [0.15, 0.2) is 90.1 Å². The highest BCUT2D eigenvalue weighted by Gasteiger charge is 2.54. The van der Waals surface area contributed by atoms with Gasteiger partial charge in [-0.05, 0) is 40.5 Å². The minimum absolute atomic E-state index is 0.110. The van der Waals surface area contributed by atoms with Crippen molar-refractivity contribution in [1.29, 1.82) is 0 Å². The van der Waals surface area contributed by atoms with Gasteiger partial charge in [-0.3, -0.25) is 9.69 Å². The van der Waals surface area contributed by atoms with Crippen LogP contribution < -0.4 is 5.32 Å². The molecule has 1 saturated heterocycles. The lowest BCUT2D eigenvalue weighted by molar-refractivity contribution is -0.153. The number of β-lactam (4-membered cyclic amide) rings is 1. The number of carbonyl (C=O) groups is 2. The highest BCUT2D eigenvalue weighted by Crippen LogP contribution is 2.42. The molecular weight excluding hydrogens is 595 g/mol. The Bertz CT molecular complexity index is 1400. The summed E-state index contributed by atoms with van der Waals surface area (Å²) in [5.74, 6) is -0.251. The maximum absolute atomic E-state index is 13.7. The number of nitrogens with zero attached hydrogens (tertiary/aromatic N) is 1. The van der Waals surface area contributed by atoms with Crippen LogP contribution in [0.2, 0.25) is 10.0 Å². The van der Waals surface area contributed by atoms with Crippen LogP contribution in [0.1, 0.15) is 22.8 Å². The Morgan fingerprint density at radius 2 is 1.69 bits per heavy atom. The van der Waals surface area contributed by atoms with Crippen molar-refractivity contribution in [3.63, 3.8) is 0 Å². The molecule has 0 radical (unpaired) electrons. The van der Waals surface area contributed by atoms with Crippen LogP contribution in [0, 0.1) is 0 Å². The zero-order valence-corrected chi connectivity index (χ0v) is 24.4. The predicted octanol–water partition coefficient (Wildman–Crippen LogP) is 6.56. The molecule has 0 spiro atoms. The van der Waals surface area contributed by atoms with Gasteiger partial charge >= 0.3 is 5.97 Å². The smallest absolute Gasteiger partial charge is 0.356 e. The second-order valence-electron chi connectivity index (χ2n) is 9.06. The fourth-order valence-electron chi connectivity index (χ4n) is 4.60. The van der Waals surface area contributed by atoms with Crippen molar-refractivity contribution in [2.45, 2.75) is 23.9 Å². The Kier molecular flexibility index (Phi) is 8.84. The third kappa shape index (κ3) is 5.98. The monoisotopic (exact) mass is 616 g/mol. The van der Waals surface area contributed by atoms with E-state index in [4.69, 9.17) is 51.8 Å². The fraction of sp³-hybridized carbons (Fsp3) is 0.207. The molecule has 3 aromatic carbocycles. The lowest BCUT2D eigenvalue weighted by atomic mass is 10.0. The van der Waals surface area contributed by atoms with Crippen molar-refractivity contribution in [2.24, 2.45) is 0 Å². The van der Waals surface area contributed by atoms with E-state index >= 15 is 0 Å². The summed E-state index contributed by atoms with van der Waals surface area (Å²) >= 11 is 25.7. The van der Waals surface area contributed by atoms with Gasteiger partial charge in [0.25, 0.3) is 5.91 Å². The molecule has 0 aromatic heterocycles. The molecule has 2 heterocycles. The van der Waals surface area contributed by atoms with E-state index in [0.29, 0.717) is 32.8 Å². The molecule has 0 bridgehead atoms. The summed E-state index contributed by atoms with van der Waals surface area (Å²) in [6, 6.07) is 23.6. The number of hydrogen-bond acceptors (Lipinski definition) is 5. The topological polar surface area (TPSA) is 58.6 Å². The number of ether oxygens (including phenoxy) is 1. The van der Waals surface area contributed by atoms with Crippen LogP contribution in [0.4, 0.5) is 0 Å². The third-order valence-corrected chi connectivity index (χ3v) is 9.03. The summed E-state index contributed by atoms with van der Waals surface area (Å²) in [6.45, 7) is 0. The van der Waals surface area contributed by atoms with Crippen LogP contribution >= 0.6 is 58.8 Å². The Hall–Kier alpha value is -2.55. The number of hydrogen-bond donors (Lipinski definition) is 1. The van der Waals surface area contributed by atoms with Gasteiger partial charge in [0.1, 0.15) is 17.1 Å². The minimum Gasteiger partial charge on any atom is -0.448 e. The number of halogens is 3. The first-order valence-electron chi connectivity index (χ1n) is 12.1. The minimum atomic E-state index is -0.641. The fourth-order valence-corrected chi connectivity index (χ4v) is 6.94. The Labute approximate surface area is 251 Å². The lowest BCUT2D eigenvalue weighted by Gasteiger charge is -2.50. The molecule has 5 nitrogen and oxygen atoms in total. The molecule has 3 aromatic rings. The molecule has 2 aliphatic rings. The van der Waals surface area contributed by atoms with Gasteiger partial charge in [0.15, 0.2) is 6.10 Å². The first-order chi connectivity index (χ1) is 18.9. The first kappa shape index (κ1) is 28.0. The highest BCUT2D eigenvalue weighted by molar-refractivity contribution is 8.00. The summed E-state index contributed by atoms with van der Waals surface area (Å²) in [5.41, 5.74) is 3.28. The Morgan fingerprint density at radius 3 is 2.31 bits per heavy atom. The van der Waals surface area contributed by atoms with Crippen molar-refractivity contribution in [2.75, 3.05) is 11.6 Å².